The van der Waals surface area contributed by atoms with E-state index in [1.165, 1.54) is 18.9 Å². The van der Waals surface area contributed by atoms with Gasteiger partial charge in [-0.1, -0.05) is 23.9 Å². The van der Waals surface area contributed by atoms with Gasteiger partial charge in [-0.3, -0.25) is 9.59 Å². The van der Waals surface area contributed by atoms with Crippen LogP contribution in [0.2, 0.25) is 0 Å². The van der Waals surface area contributed by atoms with Gasteiger partial charge in [-0.15, -0.1) is 10.2 Å². The third kappa shape index (κ3) is 6.22. The van der Waals surface area contributed by atoms with Gasteiger partial charge >= 0.3 is 5.97 Å². The number of piperidine rings is 1. The molecule has 1 aliphatic carbocycles. The Balaban J connectivity index is 1.28. The van der Waals surface area contributed by atoms with Crippen molar-refractivity contribution in [3.63, 3.8) is 0 Å². The Bertz CT molecular complexity index is 1010. The molecule has 2 amide bonds. The molecular formula is C23H27N5O4S. The minimum absolute atomic E-state index is 0.0215. The summed E-state index contributed by atoms with van der Waals surface area (Å²) in [7, 11) is 1.30. The van der Waals surface area contributed by atoms with Crippen molar-refractivity contribution in [2.24, 2.45) is 5.92 Å². The number of esters is 1. The Kier molecular flexibility index (Phi) is 7.43. The molecule has 1 aromatic carbocycles. The first-order valence-electron chi connectivity index (χ1n) is 11.0. The molecule has 2 aromatic rings. The monoisotopic (exact) mass is 469 g/mol. The molecule has 0 spiro atoms. The molecule has 2 aliphatic rings. The highest BCUT2D eigenvalue weighted by Gasteiger charge is 2.31. The second-order valence-electron chi connectivity index (χ2n) is 8.17. The fourth-order valence-electron chi connectivity index (χ4n) is 3.71. The molecule has 1 saturated carbocycles. The largest absolute Gasteiger partial charge is 0.465 e. The zero-order chi connectivity index (χ0) is 23.2. The summed E-state index contributed by atoms with van der Waals surface area (Å²) >= 11 is 1.26. The topological polar surface area (TPSA) is 114 Å². The first-order chi connectivity index (χ1) is 16.0. The predicted octanol–water partition coefficient (Wildman–Crippen LogP) is 2.49. The van der Waals surface area contributed by atoms with Crippen molar-refractivity contribution >= 4 is 41.1 Å². The second-order valence-corrected chi connectivity index (χ2v) is 9.17. The second kappa shape index (κ2) is 10.7. The Morgan fingerprint density at radius 1 is 1.12 bits per heavy atom. The Morgan fingerprint density at radius 3 is 2.67 bits per heavy atom. The van der Waals surface area contributed by atoms with Crippen LogP contribution in [0.3, 0.4) is 0 Å². The van der Waals surface area contributed by atoms with Crippen molar-refractivity contribution in [3.05, 3.63) is 42.0 Å². The fraction of sp³-hybridized carbons (Fsp3) is 0.435. The van der Waals surface area contributed by atoms with E-state index in [4.69, 9.17) is 4.74 Å². The Morgan fingerprint density at radius 2 is 1.94 bits per heavy atom. The van der Waals surface area contributed by atoms with Crippen molar-refractivity contribution in [2.45, 2.75) is 36.8 Å². The van der Waals surface area contributed by atoms with E-state index in [0.717, 1.165) is 38.0 Å². The van der Waals surface area contributed by atoms with Gasteiger partial charge in [0.25, 0.3) is 0 Å². The molecule has 0 radical (unpaired) electrons. The number of amides is 2. The van der Waals surface area contributed by atoms with Crippen molar-refractivity contribution in [1.29, 1.82) is 0 Å². The summed E-state index contributed by atoms with van der Waals surface area (Å²) in [4.78, 5) is 38.7. The van der Waals surface area contributed by atoms with E-state index in [0.29, 0.717) is 28.9 Å². The van der Waals surface area contributed by atoms with E-state index < -0.39 is 5.97 Å². The lowest BCUT2D eigenvalue weighted by atomic mass is 9.97. The van der Waals surface area contributed by atoms with E-state index in [9.17, 15) is 14.4 Å². The van der Waals surface area contributed by atoms with Gasteiger partial charge in [0, 0.05) is 19.1 Å². The normalized spacial score (nSPS) is 17.8. The minimum atomic E-state index is -0.509. The highest BCUT2D eigenvalue weighted by molar-refractivity contribution is 7.99. The summed E-state index contributed by atoms with van der Waals surface area (Å²) in [5.74, 6) is 0.206. The summed E-state index contributed by atoms with van der Waals surface area (Å²) in [6.07, 6.45) is 4.00. The Labute approximate surface area is 196 Å². The van der Waals surface area contributed by atoms with Gasteiger partial charge in [-0.05, 0) is 49.9 Å². The summed E-state index contributed by atoms with van der Waals surface area (Å²) in [5, 5.41) is 15.0. The molecular weight excluding hydrogens is 442 g/mol. The zero-order valence-corrected chi connectivity index (χ0v) is 19.3. The molecule has 4 rings (SSSR count). The number of aromatic nitrogens is 2. The lowest BCUT2D eigenvalue weighted by Crippen LogP contribution is -2.44. The van der Waals surface area contributed by atoms with Crippen molar-refractivity contribution in [2.75, 3.05) is 36.2 Å². The minimum Gasteiger partial charge on any atom is -0.465 e. The molecule has 9 nitrogen and oxygen atoms in total. The number of rotatable bonds is 8. The van der Waals surface area contributed by atoms with Crippen LogP contribution in [-0.2, 0) is 14.3 Å². The Hall–Kier alpha value is -3.14. The molecule has 0 unspecified atom stereocenters. The molecule has 1 aromatic heterocycles. The number of benzene rings is 1. The van der Waals surface area contributed by atoms with Crippen LogP contribution in [0.4, 0.5) is 11.5 Å². The number of methoxy groups -OCH3 is 1. The lowest BCUT2D eigenvalue weighted by Gasteiger charge is -2.32. The van der Waals surface area contributed by atoms with E-state index in [2.05, 4.69) is 25.7 Å². The van der Waals surface area contributed by atoms with Crippen molar-refractivity contribution in [3.8, 4) is 0 Å². The summed E-state index contributed by atoms with van der Waals surface area (Å²) in [5.41, 5.74) is 0.704. The van der Waals surface area contributed by atoms with Crippen molar-refractivity contribution in [1.82, 2.24) is 15.5 Å². The number of thioether (sulfide) groups is 1. The molecule has 174 valence electrons. The fourth-order valence-corrected chi connectivity index (χ4v) is 4.32. The highest BCUT2D eigenvalue weighted by Crippen LogP contribution is 2.25. The standard InChI is InChI=1S/C23H27N5O4S/c1-32-23(31)17-6-2-3-7-18(17)25-20(29)14-33-21-11-10-19(26-27-21)28-12-4-5-15(13-28)22(30)24-16-8-9-16/h2-3,6-7,10-11,15-16H,4-5,8-9,12-14H2,1H3,(H,24,30)(H,25,29)/t15-/m1/s1. The summed E-state index contributed by atoms with van der Waals surface area (Å²) in [6.45, 7) is 1.48. The number of nitrogens with one attached hydrogen (secondary N) is 2. The molecule has 2 N–H and O–H groups in total. The number of ether oxygens (including phenoxy) is 1. The van der Waals surface area contributed by atoms with E-state index in [1.54, 1.807) is 24.3 Å². The van der Waals surface area contributed by atoms with Crippen LogP contribution >= 0.6 is 11.8 Å². The molecule has 1 saturated heterocycles. The maximum atomic E-state index is 12.4. The predicted molar refractivity (Wildman–Crippen MR) is 125 cm³/mol. The molecule has 1 aliphatic heterocycles. The number of carbonyl (C=O) groups is 3. The highest BCUT2D eigenvalue weighted by atomic mass is 32.2. The molecule has 2 fully saturated rings. The first kappa shape index (κ1) is 23.0. The van der Waals surface area contributed by atoms with Crippen LogP contribution in [0, 0.1) is 5.92 Å². The van der Waals surface area contributed by atoms with Gasteiger partial charge in [-0.2, -0.15) is 0 Å². The van der Waals surface area contributed by atoms with E-state index >= 15 is 0 Å². The molecule has 0 bridgehead atoms. The number of nitrogens with zero attached hydrogens (tertiary/aromatic N) is 3. The number of hydrogen-bond acceptors (Lipinski definition) is 8. The number of para-hydroxylation sites is 1. The van der Waals surface area contributed by atoms with Crippen LogP contribution < -0.4 is 15.5 Å². The average molecular weight is 470 g/mol. The van der Waals surface area contributed by atoms with Crippen LogP contribution in [0.25, 0.3) is 0 Å². The van der Waals surface area contributed by atoms with Crippen LogP contribution in [0.15, 0.2) is 41.4 Å². The first-order valence-corrected chi connectivity index (χ1v) is 12.0. The molecule has 2 heterocycles. The maximum absolute atomic E-state index is 12.4. The van der Waals surface area contributed by atoms with Gasteiger partial charge in [0.15, 0.2) is 5.82 Å². The number of carbonyl (C=O) groups excluding carboxylic acids is 3. The average Bonchev–Trinajstić information content (AvgIpc) is 3.67. The number of hydrogen-bond donors (Lipinski definition) is 2. The summed E-state index contributed by atoms with van der Waals surface area (Å²) < 4.78 is 4.75. The van der Waals surface area contributed by atoms with Gasteiger partial charge in [-0.25, -0.2) is 4.79 Å². The molecule has 10 heteroatoms. The zero-order valence-electron chi connectivity index (χ0n) is 18.5. The van der Waals surface area contributed by atoms with Crippen LogP contribution in [0.1, 0.15) is 36.0 Å². The smallest absolute Gasteiger partial charge is 0.339 e. The van der Waals surface area contributed by atoms with Gasteiger partial charge < -0.3 is 20.3 Å². The number of anilines is 2. The van der Waals surface area contributed by atoms with Gasteiger partial charge in [0.1, 0.15) is 5.03 Å². The van der Waals surface area contributed by atoms with E-state index in [1.807, 2.05) is 12.1 Å². The van der Waals surface area contributed by atoms with Crippen molar-refractivity contribution < 1.29 is 19.1 Å². The van der Waals surface area contributed by atoms with Crippen LogP contribution in [0.5, 0.6) is 0 Å². The van der Waals surface area contributed by atoms with E-state index in [-0.39, 0.29) is 23.5 Å². The summed E-state index contributed by atoms with van der Waals surface area (Å²) in [6, 6.07) is 10.8. The third-order valence-corrected chi connectivity index (χ3v) is 6.54. The SMILES string of the molecule is COC(=O)c1ccccc1NC(=O)CSc1ccc(N2CCC[C@@H](C(=O)NC3CC3)C2)nn1. The third-order valence-electron chi connectivity index (χ3n) is 5.62. The van der Waals surface area contributed by atoms with Gasteiger partial charge in [0.2, 0.25) is 11.8 Å². The molecule has 1 atom stereocenters. The lowest BCUT2D eigenvalue weighted by molar-refractivity contribution is -0.125. The quantitative estimate of drug-likeness (QED) is 0.448. The van der Waals surface area contributed by atoms with Gasteiger partial charge in [0.05, 0.1) is 30.0 Å². The maximum Gasteiger partial charge on any atom is 0.339 e. The molecule has 33 heavy (non-hydrogen) atoms. The van der Waals surface area contributed by atoms with Crippen LogP contribution in [-0.4, -0.2) is 60.0 Å².